The Morgan fingerprint density at radius 3 is 2.65 bits per heavy atom. The number of para-hydroxylation sites is 2. The number of nitrogens with zero attached hydrogens (tertiary/aromatic N) is 1. The number of benzene rings is 1. The van der Waals surface area contributed by atoms with Crippen LogP contribution in [0.2, 0.25) is 0 Å². The number of rotatable bonds is 8. The maximum absolute atomic E-state index is 13.0. The Balaban J connectivity index is 2.23. The first kappa shape index (κ1) is 19.8. The number of hydrogen-bond acceptors (Lipinski definition) is 4. The van der Waals surface area contributed by atoms with Crippen molar-refractivity contribution in [2.24, 2.45) is 5.92 Å². The van der Waals surface area contributed by atoms with Gasteiger partial charge in [-0.1, -0.05) is 44.7 Å². The number of carboxylic acids is 1. The minimum Gasteiger partial charge on any atom is -0.481 e. The molecule has 1 heterocycles. The molecule has 26 heavy (non-hydrogen) atoms. The van der Waals surface area contributed by atoms with Crippen molar-refractivity contribution in [1.82, 2.24) is 5.32 Å². The number of anilines is 2. The van der Waals surface area contributed by atoms with Gasteiger partial charge in [-0.25, -0.2) is 0 Å². The number of carbonyl (C=O) groups excluding carboxylic acids is 2. The quantitative estimate of drug-likeness (QED) is 0.487. The molecular weight excluding hydrogens is 334 g/mol. The fraction of sp³-hybridized carbons (Fsp3) is 0.526. The van der Waals surface area contributed by atoms with E-state index in [0.717, 1.165) is 19.3 Å². The lowest BCUT2D eigenvalue weighted by Gasteiger charge is -2.36. The Morgan fingerprint density at radius 1 is 1.27 bits per heavy atom. The number of nitrogens with one attached hydrogen (secondary N) is 2. The lowest BCUT2D eigenvalue weighted by atomic mass is 9.97. The molecule has 0 fully saturated rings. The van der Waals surface area contributed by atoms with Crippen LogP contribution in [0.5, 0.6) is 0 Å². The van der Waals surface area contributed by atoms with Gasteiger partial charge >= 0.3 is 5.97 Å². The van der Waals surface area contributed by atoms with Gasteiger partial charge in [0.05, 0.1) is 17.9 Å². The zero-order valence-electron chi connectivity index (χ0n) is 15.3. The van der Waals surface area contributed by atoms with Crippen molar-refractivity contribution in [3.63, 3.8) is 0 Å². The molecule has 2 rings (SSSR count). The largest absolute Gasteiger partial charge is 0.481 e. The van der Waals surface area contributed by atoms with Gasteiger partial charge < -0.3 is 20.6 Å². The monoisotopic (exact) mass is 361 g/mol. The van der Waals surface area contributed by atoms with E-state index < -0.39 is 23.8 Å². The molecule has 0 saturated heterocycles. The number of amides is 2. The normalized spacial score (nSPS) is 17.0. The van der Waals surface area contributed by atoms with Crippen LogP contribution in [0.1, 0.15) is 39.0 Å². The smallest absolute Gasteiger partial charge is 0.316 e. The molecule has 7 heteroatoms. The summed E-state index contributed by atoms with van der Waals surface area (Å²) in [6.45, 7) is 2.19. The van der Waals surface area contributed by atoms with Crippen LogP contribution in [0, 0.1) is 5.92 Å². The van der Waals surface area contributed by atoms with Gasteiger partial charge in [-0.2, -0.15) is 0 Å². The summed E-state index contributed by atoms with van der Waals surface area (Å²) in [5, 5.41) is 15.2. The van der Waals surface area contributed by atoms with Crippen LogP contribution in [0.25, 0.3) is 0 Å². The van der Waals surface area contributed by atoms with E-state index in [1.807, 2.05) is 0 Å². The lowest BCUT2D eigenvalue weighted by molar-refractivity contribution is -0.146. The first-order valence-electron chi connectivity index (χ1n) is 9.11. The second-order valence-corrected chi connectivity index (χ2v) is 6.52. The zero-order valence-corrected chi connectivity index (χ0v) is 15.3. The third-order valence-electron chi connectivity index (χ3n) is 4.66. The topological polar surface area (TPSA) is 98.7 Å². The molecule has 1 aliphatic rings. The molecule has 2 amide bonds. The van der Waals surface area contributed by atoms with E-state index in [-0.39, 0.29) is 12.5 Å². The summed E-state index contributed by atoms with van der Waals surface area (Å²) in [5.74, 6) is -2.91. The molecule has 3 N–H and O–H groups in total. The summed E-state index contributed by atoms with van der Waals surface area (Å²) in [6.07, 6.45) is 3.99. The van der Waals surface area contributed by atoms with Crippen molar-refractivity contribution in [3.05, 3.63) is 24.3 Å². The molecule has 0 aliphatic carbocycles. The van der Waals surface area contributed by atoms with Crippen molar-refractivity contribution >= 4 is 29.2 Å². The third-order valence-corrected chi connectivity index (χ3v) is 4.66. The lowest BCUT2D eigenvalue weighted by Crippen LogP contribution is -2.53. The van der Waals surface area contributed by atoms with Crippen molar-refractivity contribution in [2.45, 2.75) is 45.1 Å². The summed E-state index contributed by atoms with van der Waals surface area (Å²) in [6, 6.07) is 6.52. The first-order valence-corrected chi connectivity index (χ1v) is 9.11. The van der Waals surface area contributed by atoms with Gasteiger partial charge in [0.25, 0.3) is 0 Å². The molecular formula is C19H27N3O4. The van der Waals surface area contributed by atoms with Crippen molar-refractivity contribution < 1.29 is 19.5 Å². The van der Waals surface area contributed by atoms with E-state index in [1.54, 1.807) is 24.3 Å². The molecule has 0 saturated carbocycles. The van der Waals surface area contributed by atoms with Gasteiger partial charge in [0.2, 0.25) is 11.8 Å². The van der Waals surface area contributed by atoms with Crippen LogP contribution in [0.3, 0.4) is 0 Å². The molecule has 0 bridgehead atoms. The van der Waals surface area contributed by atoms with E-state index >= 15 is 0 Å². The maximum atomic E-state index is 13.0. The number of aliphatic carboxylic acids is 1. The highest BCUT2D eigenvalue weighted by atomic mass is 16.4. The molecule has 0 spiro atoms. The van der Waals surface area contributed by atoms with Gasteiger partial charge in [0, 0.05) is 7.05 Å². The van der Waals surface area contributed by atoms with Crippen LogP contribution in [-0.4, -0.2) is 42.5 Å². The standard InChI is InChI=1S/C19H27N3O4/c1-3-4-5-6-9-13(19(25)26)18(24)22-12-15(17(23)20-2)21-14-10-7-8-11-16(14)22/h7-8,10-11,13,15,21H,3-6,9,12H2,1-2H3,(H,20,23)(H,25,26). The van der Waals surface area contributed by atoms with Gasteiger partial charge in [0.1, 0.15) is 12.0 Å². The van der Waals surface area contributed by atoms with Gasteiger partial charge in [-0.3, -0.25) is 14.4 Å². The highest BCUT2D eigenvalue weighted by Gasteiger charge is 2.37. The van der Waals surface area contributed by atoms with Crippen LogP contribution in [0.15, 0.2) is 24.3 Å². The molecule has 7 nitrogen and oxygen atoms in total. The van der Waals surface area contributed by atoms with E-state index in [2.05, 4.69) is 17.6 Å². The Kier molecular flexibility index (Phi) is 7.00. The zero-order chi connectivity index (χ0) is 19.1. The Bertz CT molecular complexity index is 662. The number of likely N-dealkylation sites (N-methyl/N-ethyl adjacent to an activating group) is 1. The Labute approximate surface area is 153 Å². The van der Waals surface area contributed by atoms with Crippen LogP contribution in [0.4, 0.5) is 11.4 Å². The fourth-order valence-electron chi connectivity index (χ4n) is 3.19. The summed E-state index contributed by atoms with van der Waals surface area (Å²) < 4.78 is 0. The molecule has 1 aliphatic heterocycles. The van der Waals surface area contributed by atoms with E-state index in [0.29, 0.717) is 24.2 Å². The number of carbonyl (C=O) groups is 3. The molecule has 1 aromatic carbocycles. The van der Waals surface area contributed by atoms with Gasteiger partial charge in [-0.05, 0) is 18.6 Å². The Hall–Kier alpha value is -2.57. The van der Waals surface area contributed by atoms with E-state index in [9.17, 15) is 19.5 Å². The number of hydrogen-bond donors (Lipinski definition) is 3. The van der Waals surface area contributed by atoms with Crippen LogP contribution >= 0.6 is 0 Å². The van der Waals surface area contributed by atoms with Crippen molar-refractivity contribution in [1.29, 1.82) is 0 Å². The summed E-state index contributed by atoms with van der Waals surface area (Å²) >= 11 is 0. The van der Waals surface area contributed by atoms with Crippen molar-refractivity contribution in [2.75, 3.05) is 23.8 Å². The SMILES string of the molecule is CCCCCCC(C(=O)O)C(=O)N1CC(C(=O)NC)Nc2ccccc21. The average molecular weight is 361 g/mol. The van der Waals surface area contributed by atoms with E-state index in [1.165, 1.54) is 11.9 Å². The van der Waals surface area contributed by atoms with Crippen molar-refractivity contribution in [3.8, 4) is 0 Å². The average Bonchev–Trinajstić information content (AvgIpc) is 2.65. The minimum atomic E-state index is -1.11. The number of fused-ring (bicyclic) bond motifs is 1. The molecule has 0 aromatic heterocycles. The summed E-state index contributed by atoms with van der Waals surface area (Å²) in [4.78, 5) is 38.2. The van der Waals surface area contributed by atoms with Gasteiger partial charge in [-0.15, -0.1) is 0 Å². The predicted octanol–water partition coefficient (Wildman–Crippen LogP) is 2.23. The van der Waals surface area contributed by atoms with Crippen LogP contribution in [-0.2, 0) is 14.4 Å². The first-order chi connectivity index (χ1) is 12.5. The third kappa shape index (κ3) is 4.53. The molecule has 2 unspecified atom stereocenters. The Morgan fingerprint density at radius 2 is 2.00 bits per heavy atom. The van der Waals surface area contributed by atoms with Crippen LogP contribution < -0.4 is 15.5 Å². The molecule has 142 valence electrons. The molecule has 2 atom stereocenters. The van der Waals surface area contributed by atoms with E-state index in [4.69, 9.17) is 0 Å². The summed E-state index contributed by atoms with van der Waals surface area (Å²) in [5.41, 5.74) is 1.26. The highest BCUT2D eigenvalue weighted by molar-refractivity contribution is 6.08. The minimum absolute atomic E-state index is 0.105. The summed E-state index contributed by atoms with van der Waals surface area (Å²) in [7, 11) is 1.53. The van der Waals surface area contributed by atoms with Gasteiger partial charge in [0.15, 0.2) is 0 Å². The molecule has 1 aromatic rings. The second kappa shape index (κ2) is 9.22. The number of carboxylic acid groups (broad SMARTS) is 1. The highest BCUT2D eigenvalue weighted by Crippen LogP contribution is 2.32. The second-order valence-electron chi connectivity index (χ2n) is 6.52. The number of unbranched alkanes of at least 4 members (excludes halogenated alkanes) is 3. The maximum Gasteiger partial charge on any atom is 0.316 e. The molecule has 0 radical (unpaired) electrons. The fourth-order valence-corrected chi connectivity index (χ4v) is 3.19. The predicted molar refractivity (Wildman–Crippen MR) is 100 cm³/mol.